The number of hydrogen-bond acceptors (Lipinski definition) is 5. The van der Waals surface area contributed by atoms with Crippen molar-refractivity contribution in [3.8, 4) is 22.7 Å². The summed E-state index contributed by atoms with van der Waals surface area (Å²) in [6, 6.07) is 6.93. The molecule has 0 radical (unpaired) electrons. The molecule has 0 fully saturated rings. The monoisotopic (exact) mass is 313 g/mol. The molecule has 0 spiro atoms. The predicted molar refractivity (Wildman–Crippen MR) is 83.3 cm³/mol. The number of nitrogens with zero attached hydrogens (tertiary/aromatic N) is 3. The fraction of sp³-hybridized carbons (Fsp3) is 0.188. The first-order valence-electron chi connectivity index (χ1n) is 6.87. The third-order valence-corrected chi connectivity index (χ3v) is 3.52. The quantitative estimate of drug-likeness (QED) is 0.685. The zero-order chi connectivity index (χ0) is 16.6. The van der Waals surface area contributed by atoms with Gasteiger partial charge in [0.25, 0.3) is 5.56 Å². The Morgan fingerprint density at radius 2 is 1.83 bits per heavy atom. The highest BCUT2D eigenvalue weighted by Gasteiger charge is 2.24. The summed E-state index contributed by atoms with van der Waals surface area (Å²) < 4.78 is 12.8. The lowest BCUT2D eigenvalue weighted by Crippen LogP contribution is -2.15. The Morgan fingerprint density at radius 3 is 2.43 bits per heavy atom. The molecule has 0 saturated heterocycles. The highest BCUT2D eigenvalue weighted by atomic mass is 16.5. The standard InChI is InChI=1S/C16H15N3O4/c1-18-8-12-14(13(9-18)16(21)23-3)17-19(15(12)20)10-4-6-11(22-2)7-5-10/h4-9H,1-3H3. The number of carbonyl (C=O) groups excluding carboxylic acids is 1. The Morgan fingerprint density at radius 1 is 1.13 bits per heavy atom. The number of aryl methyl sites for hydroxylation is 1. The lowest BCUT2D eigenvalue weighted by atomic mass is 10.1. The summed E-state index contributed by atoms with van der Waals surface area (Å²) >= 11 is 0. The van der Waals surface area contributed by atoms with Crippen LogP contribution in [0.5, 0.6) is 5.75 Å². The first-order valence-corrected chi connectivity index (χ1v) is 6.87. The van der Waals surface area contributed by atoms with Gasteiger partial charge in [0, 0.05) is 19.4 Å². The third kappa shape index (κ3) is 2.46. The number of benzene rings is 1. The van der Waals surface area contributed by atoms with Crippen LogP contribution in [0.25, 0.3) is 16.9 Å². The van der Waals surface area contributed by atoms with E-state index in [1.165, 1.54) is 11.8 Å². The van der Waals surface area contributed by atoms with Crippen LogP contribution in [0.4, 0.5) is 0 Å². The minimum Gasteiger partial charge on any atom is -0.497 e. The van der Waals surface area contributed by atoms with E-state index in [-0.39, 0.29) is 11.1 Å². The summed E-state index contributed by atoms with van der Waals surface area (Å²) in [5.41, 5.74) is 1.20. The summed E-state index contributed by atoms with van der Waals surface area (Å²) in [5.74, 6) is 0.144. The lowest BCUT2D eigenvalue weighted by Gasteiger charge is -2.06. The van der Waals surface area contributed by atoms with Crippen LogP contribution in [-0.4, -0.2) is 34.5 Å². The predicted octanol–water partition coefficient (Wildman–Crippen LogP) is 1.47. The van der Waals surface area contributed by atoms with E-state index in [9.17, 15) is 9.59 Å². The Balaban J connectivity index is 2.22. The van der Waals surface area contributed by atoms with Crippen LogP contribution in [0.15, 0.2) is 41.5 Å². The number of ether oxygens (including phenoxy) is 2. The molecular weight excluding hydrogens is 298 g/mol. The number of fused-ring (bicyclic) bond motifs is 1. The molecule has 0 aromatic heterocycles. The average molecular weight is 313 g/mol. The second-order valence-corrected chi connectivity index (χ2v) is 5.01. The van der Waals surface area contributed by atoms with Crippen LogP contribution < -0.4 is 10.3 Å². The minimum atomic E-state index is -0.536. The van der Waals surface area contributed by atoms with Gasteiger partial charge in [-0.3, -0.25) is 4.79 Å². The van der Waals surface area contributed by atoms with Crippen molar-refractivity contribution in [2.75, 3.05) is 14.2 Å². The number of carbonyl (C=O) groups is 1. The molecule has 2 heterocycles. The molecule has 0 saturated carbocycles. The molecule has 7 nitrogen and oxygen atoms in total. The molecule has 0 N–H and O–H groups in total. The summed E-state index contributed by atoms with van der Waals surface area (Å²) in [5, 5.41) is 4.30. The number of rotatable bonds is 3. The molecule has 0 bridgehead atoms. The van der Waals surface area contributed by atoms with Gasteiger partial charge in [-0.2, -0.15) is 9.78 Å². The Kier molecular flexibility index (Phi) is 3.61. The van der Waals surface area contributed by atoms with Gasteiger partial charge in [0.05, 0.1) is 25.5 Å². The zero-order valence-corrected chi connectivity index (χ0v) is 12.9. The highest BCUT2D eigenvalue weighted by molar-refractivity contribution is 5.96. The third-order valence-electron chi connectivity index (χ3n) is 3.52. The van der Waals surface area contributed by atoms with Crippen LogP contribution in [0, 0.1) is 0 Å². The van der Waals surface area contributed by atoms with Crippen LogP contribution in [-0.2, 0) is 11.8 Å². The number of methoxy groups -OCH3 is 2. The van der Waals surface area contributed by atoms with E-state index in [2.05, 4.69) is 5.10 Å². The van der Waals surface area contributed by atoms with Crippen molar-refractivity contribution in [3.63, 3.8) is 0 Å². The van der Waals surface area contributed by atoms with Gasteiger partial charge >= 0.3 is 5.97 Å². The van der Waals surface area contributed by atoms with Crippen LogP contribution in [0.1, 0.15) is 10.4 Å². The van der Waals surface area contributed by atoms with Crippen LogP contribution in [0.2, 0.25) is 0 Å². The minimum absolute atomic E-state index is 0.247. The van der Waals surface area contributed by atoms with Gasteiger partial charge in [-0.25, -0.2) is 4.79 Å². The molecule has 0 aliphatic carbocycles. The molecule has 0 unspecified atom stereocenters. The normalized spacial score (nSPS) is 10.7. The molecule has 0 atom stereocenters. The van der Waals surface area contributed by atoms with E-state index in [1.54, 1.807) is 55.4 Å². The lowest BCUT2D eigenvalue weighted by molar-refractivity contribution is 0.0600. The van der Waals surface area contributed by atoms with Gasteiger partial charge in [-0.15, -0.1) is 0 Å². The SMILES string of the molecule is COC(=O)c1cn(C)cc2c(=O)n(-c3ccc(OC)cc3)nc1-2. The van der Waals surface area contributed by atoms with Crippen molar-refractivity contribution >= 4 is 5.97 Å². The number of esters is 1. The van der Waals surface area contributed by atoms with E-state index in [4.69, 9.17) is 9.47 Å². The number of aromatic nitrogens is 3. The van der Waals surface area contributed by atoms with Crippen molar-refractivity contribution < 1.29 is 14.3 Å². The molecule has 3 rings (SSSR count). The molecule has 0 amide bonds. The van der Waals surface area contributed by atoms with Gasteiger partial charge in [-0.1, -0.05) is 0 Å². The second kappa shape index (κ2) is 5.60. The maximum absolute atomic E-state index is 12.6. The largest absolute Gasteiger partial charge is 0.497 e. The molecule has 2 aliphatic rings. The molecule has 118 valence electrons. The Bertz CT molecular complexity index is 893. The van der Waals surface area contributed by atoms with Crippen LogP contribution >= 0.6 is 0 Å². The maximum atomic E-state index is 12.6. The van der Waals surface area contributed by atoms with Gasteiger partial charge in [0.1, 0.15) is 17.0 Å². The van der Waals surface area contributed by atoms with E-state index < -0.39 is 5.97 Å². The van der Waals surface area contributed by atoms with E-state index >= 15 is 0 Å². The van der Waals surface area contributed by atoms with Gasteiger partial charge < -0.3 is 14.0 Å². The van der Waals surface area contributed by atoms with E-state index in [0.29, 0.717) is 22.7 Å². The fourth-order valence-corrected chi connectivity index (χ4v) is 2.39. The summed E-state index contributed by atoms with van der Waals surface area (Å²) in [6.45, 7) is 0. The second-order valence-electron chi connectivity index (χ2n) is 5.01. The van der Waals surface area contributed by atoms with Crippen molar-refractivity contribution in [3.05, 3.63) is 52.6 Å². The van der Waals surface area contributed by atoms with Crippen molar-refractivity contribution in [1.82, 2.24) is 14.3 Å². The molecule has 23 heavy (non-hydrogen) atoms. The highest BCUT2D eigenvalue weighted by Crippen LogP contribution is 2.23. The molecule has 1 aromatic carbocycles. The van der Waals surface area contributed by atoms with Crippen molar-refractivity contribution in [2.45, 2.75) is 0 Å². The Hall–Kier alpha value is -3.09. The first kappa shape index (κ1) is 14.8. The molecule has 1 aromatic rings. The van der Waals surface area contributed by atoms with Gasteiger partial charge in [0.2, 0.25) is 0 Å². The molecular formula is C16H15N3O4. The molecule has 7 heteroatoms. The summed E-state index contributed by atoms with van der Waals surface area (Å²) in [4.78, 5) is 24.5. The van der Waals surface area contributed by atoms with E-state index in [0.717, 1.165) is 0 Å². The summed E-state index contributed by atoms with van der Waals surface area (Å²) in [6.07, 6.45) is 3.22. The van der Waals surface area contributed by atoms with Gasteiger partial charge in [-0.05, 0) is 24.3 Å². The smallest absolute Gasteiger partial charge is 0.341 e. The fourth-order valence-electron chi connectivity index (χ4n) is 2.39. The Labute approximate surface area is 132 Å². The van der Waals surface area contributed by atoms with Crippen molar-refractivity contribution in [2.24, 2.45) is 7.05 Å². The number of pyridine rings is 1. The maximum Gasteiger partial charge on any atom is 0.341 e. The topological polar surface area (TPSA) is 75.3 Å². The van der Waals surface area contributed by atoms with Crippen LogP contribution in [0.3, 0.4) is 0 Å². The van der Waals surface area contributed by atoms with Gasteiger partial charge in [0.15, 0.2) is 0 Å². The zero-order valence-electron chi connectivity index (χ0n) is 12.9. The first-order chi connectivity index (χ1) is 11.0. The average Bonchev–Trinajstić information content (AvgIpc) is 2.90. The van der Waals surface area contributed by atoms with Crippen molar-refractivity contribution in [1.29, 1.82) is 0 Å². The summed E-state index contributed by atoms with van der Waals surface area (Å²) in [7, 11) is 4.59. The number of hydrogen-bond donors (Lipinski definition) is 0. The molecule has 2 aliphatic heterocycles. The van der Waals surface area contributed by atoms with E-state index in [1.807, 2.05) is 0 Å².